The summed E-state index contributed by atoms with van der Waals surface area (Å²) in [6.07, 6.45) is 0.793. The van der Waals surface area contributed by atoms with Gasteiger partial charge in [-0.3, -0.25) is 20.3 Å². The van der Waals surface area contributed by atoms with Crippen LogP contribution in [0.3, 0.4) is 0 Å². The number of benzene rings is 2. The number of nitro groups is 1. The van der Waals surface area contributed by atoms with Gasteiger partial charge in [0, 0.05) is 24.2 Å². The summed E-state index contributed by atoms with van der Waals surface area (Å²) in [7, 11) is 0. The zero-order chi connectivity index (χ0) is 15.1. The molecule has 0 aromatic heterocycles. The summed E-state index contributed by atoms with van der Waals surface area (Å²) in [5, 5.41) is 10.5. The molecule has 0 fully saturated rings. The van der Waals surface area contributed by atoms with E-state index >= 15 is 0 Å². The molecule has 6 heteroatoms. The Balaban J connectivity index is 1.78. The second-order valence-corrected chi connectivity index (χ2v) is 4.42. The molecule has 0 bridgehead atoms. The Bertz CT molecular complexity index is 612. The number of rotatable bonds is 6. The lowest BCUT2D eigenvalue weighted by molar-refractivity contribution is -0.384. The maximum Gasteiger partial charge on any atom is 0.269 e. The van der Waals surface area contributed by atoms with Gasteiger partial charge in [-0.15, -0.1) is 0 Å². The quantitative estimate of drug-likeness (QED) is 0.483. The second-order valence-electron chi connectivity index (χ2n) is 4.42. The Kier molecular flexibility index (Phi) is 5.00. The third kappa shape index (κ3) is 4.39. The highest BCUT2D eigenvalue weighted by Gasteiger charge is 2.08. The number of nitrogens with zero attached hydrogens (tertiary/aromatic N) is 1. The van der Waals surface area contributed by atoms with Crippen molar-refractivity contribution in [1.29, 1.82) is 0 Å². The summed E-state index contributed by atoms with van der Waals surface area (Å²) < 4.78 is 0. The lowest BCUT2D eigenvalue weighted by Gasteiger charge is -2.07. The Labute approximate surface area is 121 Å². The van der Waals surface area contributed by atoms with Gasteiger partial charge in [0.1, 0.15) is 0 Å². The molecule has 0 saturated carbocycles. The maximum atomic E-state index is 11.8. The summed E-state index contributed by atoms with van der Waals surface area (Å²) in [5.74, 6) is -0.321. The van der Waals surface area contributed by atoms with E-state index in [1.807, 2.05) is 30.3 Å². The van der Waals surface area contributed by atoms with E-state index in [0.29, 0.717) is 12.1 Å². The first-order valence-corrected chi connectivity index (χ1v) is 6.48. The third-order valence-corrected chi connectivity index (χ3v) is 2.92. The minimum Gasteiger partial charge on any atom is -0.287 e. The molecule has 0 aliphatic rings. The molecule has 108 valence electrons. The van der Waals surface area contributed by atoms with Crippen LogP contribution < -0.4 is 10.9 Å². The molecular formula is C15H15N3O3. The number of hydrogen-bond donors (Lipinski definition) is 2. The monoisotopic (exact) mass is 285 g/mol. The van der Waals surface area contributed by atoms with Crippen LogP contribution in [0.4, 0.5) is 5.69 Å². The topological polar surface area (TPSA) is 84.3 Å². The van der Waals surface area contributed by atoms with Gasteiger partial charge in [-0.25, -0.2) is 5.43 Å². The minimum atomic E-state index is -0.500. The largest absolute Gasteiger partial charge is 0.287 e. The van der Waals surface area contributed by atoms with Crippen LogP contribution >= 0.6 is 0 Å². The van der Waals surface area contributed by atoms with E-state index in [4.69, 9.17) is 0 Å². The van der Waals surface area contributed by atoms with Crippen molar-refractivity contribution in [3.05, 3.63) is 75.8 Å². The Morgan fingerprint density at radius 2 is 1.71 bits per heavy atom. The van der Waals surface area contributed by atoms with Crippen molar-refractivity contribution in [2.24, 2.45) is 0 Å². The van der Waals surface area contributed by atoms with Crippen LogP contribution in [0.15, 0.2) is 54.6 Å². The fourth-order valence-electron chi connectivity index (χ4n) is 1.80. The van der Waals surface area contributed by atoms with E-state index in [1.165, 1.54) is 29.8 Å². The highest BCUT2D eigenvalue weighted by Crippen LogP contribution is 2.11. The molecule has 0 heterocycles. The zero-order valence-electron chi connectivity index (χ0n) is 11.3. The second kappa shape index (κ2) is 7.16. The number of carbonyl (C=O) groups excluding carboxylic acids is 1. The van der Waals surface area contributed by atoms with E-state index in [9.17, 15) is 14.9 Å². The van der Waals surface area contributed by atoms with Gasteiger partial charge in [-0.1, -0.05) is 30.3 Å². The first-order valence-electron chi connectivity index (χ1n) is 6.48. The van der Waals surface area contributed by atoms with E-state index in [1.54, 1.807) is 0 Å². The van der Waals surface area contributed by atoms with Gasteiger partial charge in [0.25, 0.3) is 11.6 Å². The summed E-state index contributed by atoms with van der Waals surface area (Å²) in [5.41, 5.74) is 6.90. The number of hydrogen-bond acceptors (Lipinski definition) is 4. The number of hydrazine groups is 1. The summed E-state index contributed by atoms with van der Waals surface area (Å²) in [6.45, 7) is 0.600. The van der Waals surface area contributed by atoms with Crippen LogP contribution in [0.5, 0.6) is 0 Å². The predicted molar refractivity (Wildman–Crippen MR) is 78.7 cm³/mol. The third-order valence-electron chi connectivity index (χ3n) is 2.92. The SMILES string of the molecule is O=C(NNCCc1ccccc1)c1ccc([N+](=O)[O-])cc1. The average molecular weight is 285 g/mol. The average Bonchev–Trinajstić information content (AvgIpc) is 2.52. The molecule has 6 nitrogen and oxygen atoms in total. The van der Waals surface area contributed by atoms with Crippen LogP contribution in [0.1, 0.15) is 15.9 Å². The van der Waals surface area contributed by atoms with E-state index < -0.39 is 4.92 Å². The van der Waals surface area contributed by atoms with Crippen LogP contribution in [0.25, 0.3) is 0 Å². The van der Waals surface area contributed by atoms with Gasteiger partial charge >= 0.3 is 0 Å². The van der Waals surface area contributed by atoms with Crippen molar-refractivity contribution in [3.8, 4) is 0 Å². The minimum absolute atomic E-state index is 0.0383. The van der Waals surface area contributed by atoms with Gasteiger partial charge < -0.3 is 0 Å². The van der Waals surface area contributed by atoms with Crippen molar-refractivity contribution in [2.45, 2.75) is 6.42 Å². The van der Waals surface area contributed by atoms with Crippen molar-refractivity contribution in [2.75, 3.05) is 6.54 Å². The van der Waals surface area contributed by atoms with Gasteiger partial charge in [0.15, 0.2) is 0 Å². The van der Waals surface area contributed by atoms with Gasteiger partial charge in [0.2, 0.25) is 0 Å². The number of carbonyl (C=O) groups is 1. The van der Waals surface area contributed by atoms with E-state index in [2.05, 4.69) is 10.9 Å². The predicted octanol–water partition coefficient (Wildman–Crippen LogP) is 2.07. The molecule has 0 unspecified atom stereocenters. The van der Waals surface area contributed by atoms with Crippen LogP contribution in [-0.4, -0.2) is 17.4 Å². The Morgan fingerprint density at radius 3 is 2.33 bits per heavy atom. The lowest BCUT2D eigenvalue weighted by Crippen LogP contribution is -2.38. The molecule has 0 aliphatic heterocycles. The van der Waals surface area contributed by atoms with Crippen LogP contribution in [-0.2, 0) is 6.42 Å². The highest BCUT2D eigenvalue weighted by atomic mass is 16.6. The van der Waals surface area contributed by atoms with Crippen molar-refractivity contribution in [3.63, 3.8) is 0 Å². The molecule has 2 rings (SSSR count). The van der Waals surface area contributed by atoms with Crippen LogP contribution in [0.2, 0.25) is 0 Å². The number of nitro benzene ring substituents is 1. The smallest absolute Gasteiger partial charge is 0.269 e. The molecule has 2 aromatic rings. The zero-order valence-corrected chi connectivity index (χ0v) is 11.3. The Morgan fingerprint density at radius 1 is 1.05 bits per heavy atom. The molecule has 0 spiro atoms. The number of non-ortho nitro benzene ring substituents is 1. The molecule has 0 saturated heterocycles. The van der Waals surface area contributed by atoms with Gasteiger partial charge in [0.05, 0.1) is 4.92 Å². The highest BCUT2D eigenvalue weighted by molar-refractivity contribution is 5.94. The summed E-state index contributed by atoms with van der Waals surface area (Å²) in [4.78, 5) is 21.8. The molecule has 0 radical (unpaired) electrons. The number of nitrogens with one attached hydrogen (secondary N) is 2. The number of amides is 1. The molecule has 0 atom stereocenters. The molecule has 2 N–H and O–H groups in total. The van der Waals surface area contributed by atoms with Gasteiger partial charge in [-0.05, 0) is 24.1 Å². The standard InChI is InChI=1S/C15H15N3O3/c19-15(13-6-8-14(9-7-13)18(20)21)17-16-11-10-12-4-2-1-3-5-12/h1-9,16H,10-11H2,(H,17,19). The normalized spacial score (nSPS) is 10.1. The molecular weight excluding hydrogens is 270 g/mol. The van der Waals surface area contributed by atoms with Crippen LogP contribution in [0, 0.1) is 10.1 Å². The lowest BCUT2D eigenvalue weighted by atomic mass is 10.2. The van der Waals surface area contributed by atoms with Crippen molar-refractivity contribution < 1.29 is 9.72 Å². The summed E-state index contributed by atoms with van der Waals surface area (Å²) in [6, 6.07) is 15.4. The van der Waals surface area contributed by atoms with Gasteiger partial charge in [-0.2, -0.15) is 0 Å². The fraction of sp³-hybridized carbons (Fsp3) is 0.133. The maximum absolute atomic E-state index is 11.8. The first kappa shape index (κ1) is 14.7. The van der Waals surface area contributed by atoms with Crippen molar-refractivity contribution >= 4 is 11.6 Å². The molecule has 21 heavy (non-hydrogen) atoms. The van der Waals surface area contributed by atoms with E-state index in [0.717, 1.165) is 6.42 Å². The first-order chi connectivity index (χ1) is 10.2. The van der Waals surface area contributed by atoms with Crippen molar-refractivity contribution in [1.82, 2.24) is 10.9 Å². The fourth-order valence-corrected chi connectivity index (χ4v) is 1.80. The molecule has 0 aliphatic carbocycles. The van der Waals surface area contributed by atoms with E-state index in [-0.39, 0.29) is 11.6 Å². The molecule has 1 amide bonds. The summed E-state index contributed by atoms with van der Waals surface area (Å²) >= 11 is 0. The Hall–Kier alpha value is -2.73. The molecule has 2 aromatic carbocycles.